The predicted octanol–water partition coefficient (Wildman–Crippen LogP) is 1.37. The summed E-state index contributed by atoms with van der Waals surface area (Å²) in [5, 5.41) is 14.9. The summed E-state index contributed by atoms with van der Waals surface area (Å²) in [5.74, 6) is -0.716. The number of esters is 1. The number of ether oxygens (including phenoxy) is 1. The maximum atomic E-state index is 13.1. The molecule has 2 heterocycles. The zero-order valence-electron chi connectivity index (χ0n) is 18.2. The maximum Gasteiger partial charge on any atom is 0.339 e. The number of nitrogens with zero attached hydrogens (tertiary/aromatic N) is 3. The van der Waals surface area contributed by atoms with Gasteiger partial charge in [0, 0.05) is 38.3 Å². The van der Waals surface area contributed by atoms with Crippen molar-refractivity contribution in [2.24, 2.45) is 5.92 Å². The second-order valence-electron chi connectivity index (χ2n) is 7.40. The summed E-state index contributed by atoms with van der Waals surface area (Å²) in [5.41, 5.74) is 0.408. The van der Waals surface area contributed by atoms with E-state index in [1.165, 1.54) is 23.5 Å². The molecule has 174 valence electrons. The lowest BCUT2D eigenvalue weighted by atomic mass is 9.97. The number of carbonyl (C=O) groups excluding carboxylic acids is 2. The van der Waals surface area contributed by atoms with Crippen molar-refractivity contribution in [3.05, 3.63) is 53.7 Å². The van der Waals surface area contributed by atoms with Crippen molar-refractivity contribution in [1.29, 1.82) is 5.26 Å². The number of amides is 1. The summed E-state index contributed by atoms with van der Waals surface area (Å²) in [6.07, 6.45) is 2.32. The van der Waals surface area contributed by atoms with Gasteiger partial charge in [0.25, 0.3) is 0 Å². The molecule has 10 nitrogen and oxygen atoms in total. The molecule has 0 saturated carbocycles. The van der Waals surface area contributed by atoms with Gasteiger partial charge in [0.2, 0.25) is 15.9 Å². The number of hydrogen-bond acceptors (Lipinski definition) is 8. The first kappa shape index (κ1) is 24.2. The monoisotopic (exact) mass is 471 g/mol. The standard InChI is InChI=1S/C22H25N5O5S/c1-32-22(29)18-6-2-3-7-19(18)33(30,31)27-13-8-16(9-14-27)21(28)26-12-11-25-20-17(15-23)5-4-10-24-20/h2-7,10,16H,8-9,11-14H2,1H3,(H,24,25)(H,26,28). The quantitative estimate of drug-likeness (QED) is 0.434. The van der Waals surface area contributed by atoms with E-state index in [0.717, 1.165) is 0 Å². The second kappa shape index (κ2) is 10.9. The number of nitriles is 1. The Kier molecular flexibility index (Phi) is 7.97. The van der Waals surface area contributed by atoms with Gasteiger partial charge in [0.05, 0.1) is 23.1 Å². The highest BCUT2D eigenvalue weighted by atomic mass is 32.2. The molecule has 3 rings (SSSR count). The van der Waals surface area contributed by atoms with Gasteiger partial charge in [0.1, 0.15) is 11.9 Å². The zero-order chi connectivity index (χ0) is 23.8. The number of methoxy groups -OCH3 is 1. The van der Waals surface area contributed by atoms with E-state index in [9.17, 15) is 18.0 Å². The van der Waals surface area contributed by atoms with Crippen LogP contribution in [0.25, 0.3) is 0 Å². The van der Waals surface area contributed by atoms with Gasteiger partial charge in [-0.1, -0.05) is 12.1 Å². The van der Waals surface area contributed by atoms with Gasteiger partial charge in [-0.2, -0.15) is 9.57 Å². The molecule has 1 fully saturated rings. The van der Waals surface area contributed by atoms with Gasteiger partial charge < -0.3 is 15.4 Å². The fourth-order valence-corrected chi connectivity index (χ4v) is 5.26. The minimum absolute atomic E-state index is 0.0140. The Morgan fingerprint density at radius 2 is 1.91 bits per heavy atom. The molecular weight excluding hydrogens is 446 g/mol. The third-order valence-electron chi connectivity index (χ3n) is 5.38. The van der Waals surface area contributed by atoms with Crippen molar-refractivity contribution in [2.45, 2.75) is 17.7 Å². The Hall–Kier alpha value is -3.49. The molecule has 1 aliphatic heterocycles. The fraction of sp³-hybridized carbons (Fsp3) is 0.364. The Morgan fingerprint density at radius 1 is 1.18 bits per heavy atom. The van der Waals surface area contributed by atoms with Crippen molar-refractivity contribution in [2.75, 3.05) is 38.6 Å². The number of carbonyl (C=O) groups is 2. The minimum atomic E-state index is -3.90. The van der Waals surface area contributed by atoms with Crippen molar-refractivity contribution in [3.8, 4) is 6.07 Å². The van der Waals surface area contributed by atoms with Crippen LogP contribution < -0.4 is 10.6 Å². The Labute approximate surface area is 192 Å². The third kappa shape index (κ3) is 5.66. The summed E-state index contributed by atoms with van der Waals surface area (Å²) in [4.78, 5) is 28.5. The lowest BCUT2D eigenvalue weighted by Gasteiger charge is -2.31. The zero-order valence-corrected chi connectivity index (χ0v) is 19.0. The number of rotatable bonds is 8. The number of sulfonamides is 1. The number of hydrogen-bond donors (Lipinski definition) is 2. The van der Waals surface area contributed by atoms with Crippen LogP contribution in [0.1, 0.15) is 28.8 Å². The van der Waals surface area contributed by atoms with Gasteiger partial charge >= 0.3 is 5.97 Å². The van der Waals surface area contributed by atoms with E-state index in [4.69, 9.17) is 10.00 Å². The summed E-state index contributed by atoms with van der Waals surface area (Å²) < 4.78 is 32.2. The van der Waals surface area contributed by atoms with Crippen LogP contribution in [0.3, 0.4) is 0 Å². The first-order valence-corrected chi connectivity index (χ1v) is 11.9. The SMILES string of the molecule is COC(=O)c1ccccc1S(=O)(=O)N1CCC(C(=O)NCCNc2ncccc2C#N)CC1. The number of piperidine rings is 1. The van der Waals surface area contributed by atoms with Crippen molar-refractivity contribution < 1.29 is 22.7 Å². The molecule has 0 atom stereocenters. The molecule has 1 aliphatic rings. The van der Waals surface area contributed by atoms with E-state index >= 15 is 0 Å². The fourth-order valence-electron chi connectivity index (χ4n) is 3.61. The Morgan fingerprint density at radius 3 is 2.61 bits per heavy atom. The van der Waals surface area contributed by atoms with Crippen LogP contribution in [-0.4, -0.2) is 62.9 Å². The van der Waals surface area contributed by atoms with E-state index in [1.807, 2.05) is 6.07 Å². The maximum absolute atomic E-state index is 13.1. The van der Waals surface area contributed by atoms with Gasteiger partial charge in [-0.05, 0) is 37.1 Å². The molecular formula is C22H25N5O5S. The van der Waals surface area contributed by atoms with Crippen LogP contribution in [0, 0.1) is 17.2 Å². The van der Waals surface area contributed by atoms with Gasteiger partial charge in [0.15, 0.2) is 0 Å². The van der Waals surface area contributed by atoms with E-state index in [-0.39, 0.29) is 35.4 Å². The van der Waals surface area contributed by atoms with Crippen LogP contribution in [0.15, 0.2) is 47.5 Å². The van der Waals surface area contributed by atoms with E-state index in [1.54, 1.807) is 30.5 Å². The molecule has 11 heteroatoms. The number of pyridine rings is 1. The van der Waals surface area contributed by atoms with Gasteiger partial charge in [-0.3, -0.25) is 4.79 Å². The summed E-state index contributed by atoms with van der Waals surface area (Å²) in [7, 11) is -2.70. The van der Waals surface area contributed by atoms with Gasteiger partial charge in [-0.25, -0.2) is 18.2 Å². The third-order valence-corrected chi connectivity index (χ3v) is 7.34. The van der Waals surface area contributed by atoms with Crippen LogP contribution in [0.5, 0.6) is 0 Å². The average Bonchev–Trinajstić information content (AvgIpc) is 2.86. The lowest BCUT2D eigenvalue weighted by Crippen LogP contribution is -2.44. The molecule has 0 unspecified atom stereocenters. The van der Waals surface area contributed by atoms with E-state index in [2.05, 4.69) is 15.6 Å². The summed E-state index contributed by atoms with van der Waals surface area (Å²) >= 11 is 0. The Balaban J connectivity index is 1.52. The molecule has 1 saturated heterocycles. The molecule has 1 amide bonds. The number of anilines is 1. The molecule has 2 aromatic rings. The number of aromatic nitrogens is 1. The van der Waals surface area contributed by atoms with Crippen molar-refractivity contribution in [1.82, 2.24) is 14.6 Å². The first-order chi connectivity index (χ1) is 15.9. The summed E-state index contributed by atoms with van der Waals surface area (Å²) in [6.45, 7) is 1.08. The minimum Gasteiger partial charge on any atom is -0.465 e. The molecule has 1 aromatic carbocycles. The Bertz CT molecular complexity index is 1150. The molecule has 2 N–H and O–H groups in total. The van der Waals surface area contributed by atoms with E-state index in [0.29, 0.717) is 37.3 Å². The van der Waals surface area contributed by atoms with E-state index < -0.39 is 16.0 Å². The lowest BCUT2D eigenvalue weighted by molar-refractivity contribution is -0.126. The summed E-state index contributed by atoms with van der Waals surface area (Å²) in [6, 6.07) is 11.3. The highest BCUT2D eigenvalue weighted by molar-refractivity contribution is 7.89. The van der Waals surface area contributed by atoms with Crippen LogP contribution in [-0.2, 0) is 19.6 Å². The first-order valence-electron chi connectivity index (χ1n) is 10.4. The van der Waals surface area contributed by atoms with Crippen LogP contribution in [0.2, 0.25) is 0 Å². The smallest absolute Gasteiger partial charge is 0.339 e. The average molecular weight is 472 g/mol. The van der Waals surface area contributed by atoms with Crippen molar-refractivity contribution >= 4 is 27.7 Å². The number of nitrogens with one attached hydrogen (secondary N) is 2. The normalized spacial score (nSPS) is 14.8. The second-order valence-corrected chi connectivity index (χ2v) is 9.30. The van der Waals surface area contributed by atoms with Gasteiger partial charge in [-0.15, -0.1) is 0 Å². The van der Waals surface area contributed by atoms with Crippen molar-refractivity contribution in [3.63, 3.8) is 0 Å². The topological polar surface area (TPSA) is 141 Å². The molecule has 0 spiro atoms. The largest absolute Gasteiger partial charge is 0.465 e. The highest BCUT2D eigenvalue weighted by Gasteiger charge is 2.34. The highest BCUT2D eigenvalue weighted by Crippen LogP contribution is 2.26. The molecule has 0 aliphatic carbocycles. The number of benzene rings is 1. The molecule has 1 aromatic heterocycles. The molecule has 0 radical (unpaired) electrons. The predicted molar refractivity (Wildman–Crippen MR) is 120 cm³/mol. The molecule has 33 heavy (non-hydrogen) atoms. The van der Waals surface area contributed by atoms with Crippen LogP contribution in [0.4, 0.5) is 5.82 Å². The van der Waals surface area contributed by atoms with Crippen LogP contribution >= 0.6 is 0 Å². The molecule has 0 bridgehead atoms.